The highest BCUT2D eigenvalue weighted by molar-refractivity contribution is 5.47. The molecule has 4 heteroatoms. The number of rotatable bonds is 7. The smallest absolute Gasteiger partial charge is 0.127 e. The molecular formula is C37H42N2O2. The van der Waals surface area contributed by atoms with Crippen molar-refractivity contribution in [1.29, 1.82) is 0 Å². The minimum Gasteiger partial charge on any atom is -0.457 e. The van der Waals surface area contributed by atoms with Gasteiger partial charge in [0.25, 0.3) is 0 Å². The van der Waals surface area contributed by atoms with Crippen molar-refractivity contribution in [3.8, 4) is 23.0 Å². The van der Waals surface area contributed by atoms with Gasteiger partial charge in [-0.1, -0.05) is 44.0 Å². The molecule has 2 aliphatic carbocycles. The summed E-state index contributed by atoms with van der Waals surface area (Å²) in [6, 6.07) is 32.6. The van der Waals surface area contributed by atoms with Crippen LogP contribution in [-0.4, -0.2) is 0 Å². The zero-order valence-electron chi connectivity index (χ0n) is 24.1. The van der Waals surface area contributed by atoms with E-state index in [1.54, 1.807) is 0 Å². The minimum absolute atomic E-state index is 0.0160. The highest BCUT2D eigenvalue weighted by atomic mass is 16.5. The first-order valence-electron chi connectivity index (χ1n) is 15.2. The molecule has 0 saturated heterocycles. The van der Waals surface area contributed by atoms with E-state index in [4.69, 9.17) is 20.9 Å². The second-order valence-electron chi connectivity index (χ2n) is 12.3. The third-order valence-corrected chi connectivity index (χ3v) is 9.66. The van der Waals surface area contributed by atoms with Gasteiger partial charge in [-0.25, -0.2) is 0 Å². The van der Waals surface area contributed by atoms with Gasteiger partial charge in [0.2, 0.25) is 0 Å². The molecule has 0 bridgehead atoms. The molecule has 6 rings (SSSR count). The van der Waals surface area contributed by atoms with Crippen molar-refractivity contribution in [2.45, 2.75) is 63.7 Å². The van der Waals surface area contributed by atoms with Crippen LogP contribution in [0.25, 0.3) is 0 Å². The van der Waals surface area contributed by atoms with E-state index in [1.807, 2.05) is 48.5 Å². The van der Waals surface area contributed by atoms with E-state index in [1.165, 1.54) is 62.5 Å². The molecule has 0 atom stereocenters. The maximum absolute atomic E-state index is 6.12. The average molecular weight is 547 g/mol. The summed E-state index contributed by atoms with van der Waals surface area (Å²) < 4.78 is 12.2. The van der Waals surface area contributed by atoms with Crippen molar-refractivity contribution in [2.24, 2.45) is 17.8 Å². The molecule has 0 unspecified atom stereocenters. The summed E-state index contributed by atoms with van der Waals surface area (Å²) in [7, 11) is 0. The standard InChI is InChI=1S/C37H42N2O2/c1-26-2-4-27(5-3-26)28-22-24-37(25-23-28,29-6-14-33(15-7-29)40-35-18-10-31(38)11-19-35)30-8-16-34(17-9-30)41-36-20-12-32(39)13-21-36/h6-21,26-28H,2-5,22-25,38-39H2,1H3. The van der Waals surface area contributed by atoms with Crippen molar-refractivity contribution < 1.29 is 9.47 Å². The molecule has 2 aliphatic rings. The molecule has 4 aromatic rings. The van der Waals surface area contributed by atoms with E-state index in [-0.39, 0.29) is 5.41 Å². The summed E-state index contributed by atoms with van der Waals surface area (Å²) >= 11 is 0. The molecule has 4 N–H and O–H groups in total. The molecule has 2 saturated carbocycles. The normalized spacial score (nSPS) is 20.8. The number of hydrogen-bond donors (Lipinski definition) is 2. The Morgan fingerprint density at radius 2 is 0.829 bits per heavy atom. The summed E-state index contributed by atoms with van der Waals surface area (Å²) in [5.41, 5.74) is 15.9. The zero-order chi connectivity index (χ0) is 28.2. The Kier molecular flexibility index (Phi) is 7.91. The van der Waals surface area contributed by atoms with Gasteiger partial charge in [-0.15, -0.1) is 0 Å². The Hall–Kier alpha value is -3.92. The molecular weight excluding hydrogens is 504 g/mol. The Morgan fingerprint density at radius 3 is 1.22 bits per heavy atom. The van der Waals surface area contributed by atoms with Crippen molar-refractivity contribution in [1.82, 2.24) is 0 Å². The number of hydrogen-bond acceptors (Lipinski definition) is 4. The van der Waals surface area contributed by atoms with Crippen molar-refractivity contribution >= 4 is 11.4 Å². The zero-order valence-corrected chi connectivity index (χ0v) is 24.1. The lowest BCUT2D eigenvalue weighted by molar-refractivity contribution is 0.147. The van der Waals surface area contributed by atoms with Crippen LogP contribution >= 0.6 is 0 Å². The topological polar surface area (TPSA) is 70.5 Å². The molecule has 0 aromatic heterocycles. The maximum Gasteiger partial charge on any atom is 0.127 e. The minimum atomic E-state index is -0.0160. The van der Waals surface area contributed by atoms with Gasteiger partial charge in [0.1, 0.15) is 23.0 Å². The molecule has 212 valence electrons. The van der Waals surface area contributed by atoms with Gasteiger partial charge in [-0.05, 0) is 140 Å². The SMILES string of the molecule is CC1CCC(C2CCC(c3ccc(Oc4ccc(N)cc4)cc3)(c3ccc(Oc4ccc(N)cc4)cc3)CC2)CC1. The quantitative estimate of drug-likeness (QED) is 0.226. The van der Waals surface area contributed by atoms with Gasteiger partial charge >= 0.3 is 0 Å². The first-order valence-corrected chi connectivity index (χ1v) is 15.2. The van der Waals surface area contributed by atoms with E-state index >= 15 is 0 Å². The number of nitrogen functional groups attached to an aromatic ring is 2. The fourth-order valence-corrected chi connectivity index (χ4v) is 7.13. The lowest BCUT2D eigenvalue weighted by atomic mass is 9.60. The fraction of sp³-hybridized carbons (Fsp3) is 0.351. The van der Waals surface area contributed by atoms with Crippen LogP contribution in [0.4, 0.5) is 11.4 Å². The highest BCUT2D eigenvalue weighted by Crippen LogP contribution is 2.50. The number of nitrogens with two attached hydrogens (primary N) is 2. The molecule has 2 fully saturated rings. The third kappa shape index (κ3) is 6.22. The van der Waals surface area contributed by atoms with E-state index in [2.05, 4.69) is 55.5 Å². The Balaban J connectivity index is 1.24. The predicted molar refractivity (Wildman–Crippen MR) is 169 cm³/mol. The summed E-state index contributed by atoms with van der Waals surface area (Å²) in [4.78, 5) is 0. The second kappa shape index (κ2) is 11.9. The molecule has 0 radical (unpaired) electrons. The van der Waals surface area contributed by atoms with Crippen LogP contribution in [0.3, 0.4) is 0 Å². The summed E-state index contributed by atoms with van der Waals surface area (Å²) in [6.45, 7) is 2.42. The van der Waals surface area contributed by atoms with Gasteiger partial charge in [0, 0.05) is 16.8 Å². The van der Waals surface area contributed by atoms with Crippen LogP contribution in [0.5, 0.6) is 23.0 Å². The van der Waals surface area contributed by atoms with E-state index in [9.17, 15) is 0 Å². The summed E-state index contributed by atoms with van der Waals surface area (Å²) in [5, 5.41) is 0. The van der Waals surface area contributed by atoms with Crippen LogP contribution in [0.15, 0.2) is 97.1 Å². The number of anilines is 2. The summed E-state index contributed by atoms with van der Waals surface area (Å²) in [6.07, 6.45) is 10.5. The highest BCUT2D eigenvalue weighted by Gasteiger charge is 2.40. The van der Waals surface area contributed by atoms with Crippen LogP contribution in [-0.2, 0) is 5.41 Å². The van der Waals surface area contributed by atoms with Crippen molar-refractivity contribution in [3.63, 3.8) is 0 Å². The molecule has 41 heavy (non-hydrogen) atoms. The van der Waals surface area contributed by atoms with E-state index < -0.39 is 0 Å². The Labute approximate surface area is 244 Å². The lowest BCUT2D eigenvalue weighted by Crippen LogP contribution is -2.35. The van der Waals surface area contributed by atoms with E-state index in [0.29, 0.717) is 0 Å². The first kappa shape index (κ1) is 27.3. The largest absolute Gasteiger partial charge is 0.457 e. The molecule has 0 heterocycles. The van der Waals surface area contributed by atoms with Gasteiger partial charge in [-0.2, -0.15) is 0 Å². The van der Waals surface area contributed by atoms with Gasteiger partial charge < -0.3 is 20.9 Å². The molecule has 0 amide bonds. The van der Waals surface area contributed by atoms with Crippen molar-refractivity contribution in [2.75, 3.05) is 11.5 Å². The molecule has 0 aliphatic heterocycles. The molecule has 4 aromatic carbocycles. The number of ether oxygens (including phenoxy) is 2. The fourth-order valence-electron chi connectivity index (χ4n) is 7.13. The van der Waals surface area contributed by atoms with Crippen LogP contribution in [0, 0.1) is 17.8 Å². The Bertz CT molecular complexity index is 1300. The molecule has 0 spiro atoms. The first-order chi connectivity index (χ1) is 20.0. The average Bonchev–Trinajstić information content (AvgIpc) is 3.01. The third-order valence-electron chi connectivity index (χ3n) is 9.66. The summed E-state index contributed by atoms with van der Waals surface area (Å²) in [5.74, 6) is 5.91. The van der Waals surface area contributed by atoms with Gasteiger partial charge in [0.05, 0.1) is 0 Å². The van der Waals surface area contributed by atoms with Crippen LogP contribution in [0.2, 0.25) is 0 Å². The van der Waals surface area contributed by atoms with Gasteiger partial charge in [0.15, 0.2) is 0 Å². The Morgan fingerprint density at radius 1 is 0.488 bits per heavy atom. The van der Waals surface area contributed by atoms with Crippen LogP contribution < -0.4 is 20.9 Å². The monoisotopic (exact) mass is 546 g/mol. The number of benzene rings is 4. The molecule has 4 nitrogen and oxygen atoms in total. The second-order valence-corrected chi connectivity index (χ2v) is 12.3. The lowest BCUT2D eigenvalue weighted by Gasteiger charge is -2.44. The van der Waals surface area contributed by atoms with Crippen molar-refractivity contribution in [3.05, 3.63) is 108 Å². The maximum atomic E-state index is 6.12. The van der Waals surface area contributed by atoms with Crippen LogP contribution in [0.1, 0.15) is 69.4 Å². The predicted octanol–water partition coefficient (Wildman–Crippen LogP) is 9.74. The van der Waals surface area contributed by atoms with E-state index in [0.717, 1.165) is 52.1 Å². The van der Waals surface area contributed by atoms with Gasteiger partial charge in [-0.3, -0.25) is 0 Å².